The molecule has 0 spiro atoms. The Hall–Kier alpha value is -13.7. The monoisotopic (exact) mass is 1410 g/mol. The van der Waals surface area contributed by atoms with E-state index < -0.39 is 0 Å². The fraction of sp³-hybridized carbons (Fsp3) is 0.0968. The van der Waals surface area contributed by atoms with Gasteiger partial charge in [0.05, 0.1) is 56.9 Å². The van der Waals surface area contributed by atoms with Crippen molar-refractivity contribution >= 4 is 102 Å². The van der Waals surface area contributed by atoms with Crippen LogP contribution in [0.5, 0.6) is 46.0 Å². The number of ether oxygens (including phenoxy) is 8. The summed E-state index contributed by atoms with van der Waals surface area (Å²) in [4.78, 5) is 13.5. The molecular weight excluding hydrogens is 1330 g/mol. The molecule has 0 fully saturated rings. The molecule has 0 heterocycles. The molecule has 14 aromatic carbocycles. The van der Waals surface area contributed by atoms with Crippen LogP contribution in [0.3, 0.4) is 0 Å². The van der Waals surface area contributed by atoms with E-state index in [2.05, 4.69) is 272 Å². The van der Waals surface area contributed by atoms with Crippen molar-refractivity contribution in [3.63, 3.8) is 0 Å². The summed E-state index contributed by atoms with van der Waals surface area (Å²) in [7, 11) is 13.5. The van der Waals surface area contributed by atoms with Crippen molar-refractivity contribution in [3.8, 4) is 46.0 Å². The zero-order chi connectivity index (χ0) is 73.6. The molecule has 107 heavy (non-hydrogen) atoms. The molecule has 0 saturated carbocycles. The molecule has 14 nitrogen and oxygen atoms in total. The van der Waals surface area contributed by atoms with Crippen molar-refractivity contribution in [2.24, 2.45) is 0 Å². The highest BCUT2D eigenvalue weighted by atomic mass is 16.5. The summed E-state index contributed by atoms with van der Waals surface area (Å²) in [5.41, 5.74) is 20.0. The van der Waals surface area contributed by atoms with Gasteiger partial charge in [0.15, 0.2) is 0 Å². The number of hydrogen-bond acceptors (Lipinski definition) is 14. The van der Waals surface area contributed by atoms with E-state index in [1.807, 2.05) is 97.1 Å². The van der Waals surface area contributed by atoms with Crippen LogP contribution < -0.4 is 67.3 Å². The number of anilines is 18. The van der Waals surface area contributed by atoms with E-state index >= 15 is 0 Å². The summed E-state index contributed by atoms with van der Waals surface area (Å²) >= 11 is 0. The second kappa shape index (κ2) is 32.7. The summed E-state index contributed by atoms with van der Waals surface area (Å²) in [5, 5.41) is 0. The van der Waals surface area contributed by atoms with Gasteiger partial charge >= 0.3 is 0 Å². The van der Waals surface area contributed by atoms with Gasteiger partial charge in [0.1, 0.15) is 46.0 Å². The zero-order valence-corrected chi connectivity index (χ0v) is 61.0. The molecule has 0 aliphatic heterocycles. The maximum absolute atomic E-state index is 5.58. The van der Waals surface area contributed by atoms with Crippen LogP contribution in [0.1, 0.15) is 11.1 Å². The molecule has 14 rings (SSSR count). The largest absolute Gasteiger partial charge is 0.497 e. The van der Waals surface area contributed by atoms with Crippen molar-refractivity contribution in [1.29, 1.82) is 0 Å². The third-order valence-corrected chi connectivity index (χ3v) is 18.9. The van der Waals surface area contributed by atoms with Crippen molar-refractivity contribution in [2.45, 2.75) is 6.42 Å². The smallest absolute Gasteiger partial charge is 0.119 e. The molecule has 0 bridgehead atoms. The van der Waals surface area contributed by atoms with Gasteiger partial charge in [0.2, 0.25) is 0 Å². The van der Waals surface area contributed by atoms with Crippen LogP contribution in [0, 0.1) is 0 Å². The fourth-order valence-electron chi connectivity index (χ4n) is 13.3. The number of nitrogens with zero attached hydrogens (tertiary/aromatic N) is 6. The highest BCUT2D eigenvalue weighted by molar-refractivity contribution is 5.87. The van der Waals surface area contributed by atoms with Crippen LogP contribution in [0.2, 0.25) is 0 Å². The molecular formula is C93H82N6O8. The van der Waals surface area contributed by atoms with Gasteiger partial charge in [-0.2, -0.15) is 0 Å². The topological polar surface area (TPSA) is 93.3 Å². The second-order valence-corrected chi connectivity index (χ2v) is 25.2. The van der Waals surface area contributed by atoms with Gasteiger partial charge in [0, 0.05) is 102 Å². The first-order chi connectivity index (χ1) is 52.6. The molecule has 0 saturated heterocycles. The minimum atomic E-state index is 0.700. The predicted octanol–water partition coefficient (Wildman–Crippen LogP) is 24.2. The first-order valence-electron chi connectivity index (χ1n) is 35.1. The Morgan fingerprint density at radius 1 is 0.131 bits per heavy atom. The summed E-state index contributed by atoms with van der Waals surface area (Å²) in [6, 6.07) is 118. The Morgan fingerprint density at radius 2 is 0.215 bits per heavy atom. The highest BCUT2D eigenvalue weighted by Crippen LogP contribution is 2.46. The summed E-state index contributed by atoms with van der Waals surface area (Å²) in [6.07, 6.45) is 0.700. The van der Waals surface area contributed by atoms with Crippen LogP contribution in [-0.4, -0.2) is 56.9 Å². The van der Waals surface area contributed by atoms with Crippen LogP contribution in [-0.2, 0) is 6.42 Å². The lowest BCUT2D eigenvalue weighted by atomic mass is 10.0. The van der Waals surface area contributed by atoms with Gasteiger partial charge in [-0.25, -0.2) is 0 Å². The SMILES string of the molecule is COc1ccc(N(c2ccc(OC)cc2)c2ccc(N(c3ccc(Cc4ccc(N(c5ccc(N(c6ccc(OC)cc6)c6ccc(OC)cc6)cc5)c5ccc(N(c6ccc(OC)cc6)c6ccc(OC)cc6)cc5)cc4)cc3)c3ccc(N(c4ccc(OC)cc4)c4ccc(OC)cc4)cc3)cc2)cc1. The Morgan fingerprint density at radius 3 is 0.308 bits per heavy atom. The summed E-state index contributed by atoms with van der Waals surface area (Å²) in [6.45, 7) is 0. The van der Waals surface area contributed by atoms with Crippen molar-refractivity contribution in [2.75, 3.05) is 86.3 Å². The zero-order valence-electron chi connectivity index (χ0n) is 61.0. The van der Waals surface area contributed by atoms with E-state index in [0.717, 1.165) is 159 Å². The third kappa shape index (κ3) is 15.8. The average molecular weight is 1410 g/mol. The van der Waals surface area contributed by atoms with E-state index in [-0.39, 0.29) is 0 Å². The molecule has 14 heteroatoms. The van der Waals surface area contributed by atoms with Gasteiger partial charge in [-0.1, -0.05) is 24.3 Å². The molecule has 0 N–H and O–H groups in total. The minimum Gasteiger partial charge on any atom is -0.497 e. The van der Waals surface area contributed by atoms with Gasteiger partial charge in [-0.05, 0) is 333 Å². The third-order valence-electron chi connectivity index (χ3n) is 18.9. The molecule has 0 amide bonds. The molecule has 0 aliphatic rings. The standard InChI is InChI=1S/C93H82N6O8/c1-100-86-49-33-78(34-50-86)96(79-35-51-87(101-2)52-36-79)74-25-17-70(18-26-74)94(71-19-27-75(28-20-71)97(80-37-53-88(102-3)54-38-80)81-39-55-89(103-4)56-40-81)68-13-9-66(10-14-68)65-67-11-15-69(16-12-67)95(72-21-29-76(30-22-72)98(82-41-57-90(104-5)58-42-82)83-43-59-91(105-6)60-44-83)73-23-31-77(32-24-73)99(84-45-61-92(106-7)62-46-84)85-47-63-93(107-8)64-48-85/h9-64H,65H2,1-8H3. The summed E-state index contributed by atoms with van der Waals surface area (Å²) in [5.74, 6) is 6.23. The molecule has 532 valence electrons. The van der Waals surface area contributed by atoms with Gasteiger partial charge in [-0.15, -0.1) is 0 Å². The number of methoxy groups -OCH3 is 8. The Balaban J connectivity index is 0.803. The Bertz CT molecular complexity index is 4350. The second-order valence-electron chi connectivity index (χ2n) is 25.2. The predicted molar refractivity (Wildman–Crippen MR) is 436 cm³/mol. The van der Waals surface area contributed by atoms with Crippen LogP contribution in [0.4, 0.5) is 102 Å². The van der Waals surface area contributed by atoms with Crippen molar-refractivity contribution < 1.29 is 37.9 Å². The van der Waals surface area contributed by atoms with E-state index in [4.69, 9.17) is 37.9 Å². The van der Waals surface area contributed by atoms with E-state index in [9.17, 15) is 0 Å². The lowest BCUT2D eigenvalue weighted by Gasteiger charge is -2.30. The summed E-state index contributed by atoms with van der Waals surface area (Å²) < 4.78 is 44.6. The lowest BCUT2D eigenvalue weighted by molar-refractivity contribution is 0.414. The lowest BCUT2D eigenvalue weighted by Crippen LogP contribution is -2.13. The van der Waals surface area contributed by atoms with E-state index in [1.54, 1.807) is 56.9 Å². The normalized spacial score (nSPS) is 10.8. The van der Waals surface area contributed by atoms with Crippen molar-refractivity contribution in [3.05, 3.63) is 351 Å². The van der Waals surface area contributed by atoms with Gasteiger partial charge in [-0.3, -0.25) is 0 Å². The highest BCUT2D eigenvalue weighted by Gasteiger charge is 2.23. The van der Waals surface area contributed by atoms with Crippen LogP contribution >= 0.6 is 0 Å². The van der Waals surface area contributed by atoms with Gasteiger partial charge < -0.3 is 67.3 Å². The van der Waals surface area contributed by atoms with Crippen molar-refractivity contribution in [1.82, 2.24) is 0 Å². The van der Waals surface area contributed by atoms with Gasteiger partial charge in [0.25, 0.3) is 0 Å². The molecule has 0 atom stereocenters. The maximum Gasteiger partial charge on any atom is 0.119 e. The first kappa shape index (κ1) is 70.3. The fourth-order valence-corrected chi connectivity index (χ4v) is 13.3. The quantitative estimate of drug-likeness (QED) is 0.0466. The first-order valence-corrected chi connectivity index (χ1v) is 35.1. The number of benzene rings is 14. The molecule has 0 aliphatic carbocycles. The molecule has 0 unspecified atom stereocenters. The Labute approximate surface area is 626 Å². The number of hydrogen-bond donors (Lipinski definition) is 0. The molecule has 0 radical (unpaired) electrons. The van der Waals surface area contributed by atoms with Crippen LogP contribution in [0.15, 0.2) is 340 Å². The Kier molecular flexibility index (Phi) is 21.5. The molecule has 14 aromatic rings. The van der Waals surface area contributed by atoms with E-state index in [0.29, 0.717) is 6.42 Å². The average Bonchev–Trinajstić information content (AvgIpc) is 0.792. The molecule has 0 aromatic heterocycles. The maximum atomic E-state index is 5.58. The van der Waals surface area contributed by atoms with E-state index in [1.165, 1.54) is 0 Å². The minimum absolute atomic E-state index is 0.700. The van der Waals surface area contributed by atoms with Crippen LogP contribution in [0.25, 0.3) is 0 Å². The number of rotatable bonds is 28.